The van der Waals surface area contributed by atoms with Crippen molar-refractivity contribution in [3.05, 3.63) is 111 Å². The van der Waals surface area contributed by atoms with E-state index in [0.717, 1.165) is 61.7 Å². The molecule has 2 aromatic heterocycles. The van der Waals surface area contributed by atoms with Crippen molar-refractivity contribution in [1.82, 2.24) is 19.4 Å². The molecule has 3 fully saturated rings. The van der Waals surface area contributed by atoms with Crippen LogP contribution in [0.2, 0.25) is 11.1 Å². The molecule has 0 unspecified atom stereocenters. The first-order valence-corrected chi connectivity index (χ1v) is 20.7. The van der Waals surface area contributed by atoms with Crippen LogP contribution in [0.5, 0.6) is 5.88 Å². The number of rotatable bonds is 10. The molecule has 1 radical (unpaired) electrons. The fourth-order valence-corrected chi connectivity index (χ4v) is 9.52. The fourth-order valence-electron chi connectivity index (χ4n) is 7.91. The number of carbonyl (C=O) groups is 2. The molecule has 289 valence electrons. The Balaban J connectivity index is 0.893. The number of alkyl halides is 3. The number of hydrogen-bond donors (Lipinski definition) is 2. The van der Waals surface area contributed by atoms with E-state index in [2.05, 4.69) is 20.1 Å². The Labute approximate surface area is 325 Å². The molecular formula is C40H36ClF4N6O4Si. The Morgan fingerprint density at radius 1 is 1.07 bits per heavy atom. The van der Waals surface area contributed by atoms with Gasteiger partial charge in [0.1, 0.15) is 18.2 Å². The number of fused-ring (bicyclic) bond motifs is 3. The Bertz CT molecular complexity index is 2380. The minimum Gasteiger partial charge on any atom is -0.473 e. The molecule has 0 bridgehead atoms. The van der Waals surface area contributed by atoms with Crippen molar-refractivity contribution < 1.29 is 36.3 Å². The number of amides is 2. The second-order valence-electron chi connectivity index (χ2n) is 14.9. The number of imidazole rings is 1. The topological polar surface area (TPSA) is 111 Å². The molecule has 2 N–H and O–H groups in total. The Morgan fingerprint density at radius 3 is 2.59 bits per heavy atom. The maximum absolute atomic E-state index is 14.3. The van der Waals surface area contributed by atoms with Gasteiger partial charge in [-0.05, 0) is 98.9 Å². The molecule has 0 atom stereocenters. The molecule has 1 aliphatic carbocycles. The number of anilines is 2. The first-order chi connectivity index (χ1) is 26.9. The molecule has 1 spiro atoms. The van der Waals surface area contributed by atoms with Gasteiger partial charge in [-0.25, -0.2) is 14.4 Å². The summed E-state index contributed by atoms with van der Waals surface area (Å²) >= 11 is 5.87. The number of hydrogen-bond acceptors (Lipinski definition) is 7. The molecule has 4 aliphatic rings. The van der Waals surface area contributed by atoms with Crippen LogP contribution in [0.4, 0.5) is 28.9 Å². The molecule has 9 rings (SSSR count). The molecule has 5 heterocycles. The van der Waals surface area contributed by atoms with Gasteiger partial charge in [0.25, 0.3) is 5.91 Å². The molecule has 1 saturated carbocycles. The van der Waals surface area contributed by atoms with Crippen molar-refractivity contribution in [2.45, 2.75) is 68.6 Å². The first-order valence-electron chi connectivity index (χ1n) is 18.5. The van der Waals surface area contributed by atoms with Crippen molar-refractivity contribution in [2.24, 2.45) is 0 Å². The summed E-state index contributed by atoms with van der Waals surface area (Å²) < 4.78 is 70.4. The maximum Gasteiger partial charge on any atom is 0.418 e. The monoisotopic (exact) mass is 803 g/mol. The number of halogens is 5. The van der Waals surface area contributed by atoms with Gasteiger partial charge in [0.15, 0.2) is 0 Å². The van der Waals surface area contributed by atoms with E-state index in [1.807, 2.05) is 18.2 Å². The summed E-state index contributed by atoms with van der Waals surface area (Å²) in [4.78, 5) is 38.2. The third-order valence-electron chi connectivity index (χ3n) is 11.3. The van der Waals surface area contributed by atoms with Gasteiger partial charge in [0.2, 0.25) is 20.8 Å². The fraction of sp³-hybridized carbons (Fsp3) is 0.350. The van der Waals surface area contributed by atoms with Crippen molar-refractivity contribution in [1.29, 1.82) is 0 Å². The van der Waals surface area contributed by atoms with E-state index >= 15 is 0 Å². The van der Waals surface area contributed by atoms with Crippen LogP contribution < -0.4 is 15.4 Å². The normalized spacial score (nSPS) is 18.2. The molecule has 16 heteroatoms. The largest absolute Gasteiger partial charge is 0.473 e. The second-order valence-corrected chi connectivity index (χ2v) is 17.5. The minimum absolute atomic E-state index is 0.0205. The van der Waals surface area contributed by atoms with Crippen LogP contribution >= 0.6 is 11.6 Å². The zero-order valence-electron chi connectivity index (χ0n) is 30.0. The number of pyridine rings is 1. The van der Waals surface area contributed by atoms with Crippen LogP contribution in [0, 0.1) is 5.82 Å². The zero-order chi connectivity index (χ0) is 38.8. The lowest BCUT2D eigenvalue weighted by Crippen LogP contribution is -2.37. The lowest BCUT2D eigenvalue weighted by Gasteiger charge is -2.32. The van der Waals surface area contributed by atoms with Crippen molar-refractivity contribution >= 4 is 54.9 Å². The number of likely N-dealkylation sites (tertiary alicyclic amines) is 1. The van der Waals surface area contributed by atoms with Gasteiger partial charge in [-0.1, -0.05) is 23.7 Å². The first kappa shape index (κ1) is 36.8. The number of piperidine rings is 1. The van der Waals surface area contributed by atoms with E-state index in [0.29, 0.717) is 47.5 Å². The quantitative estimate of drug-likeness (QED) is 0.109. The molecule has 3 aromatic carbocycles. The number of aromatic nitrogens is 3. The summed E-state index contributed by atoms with van der Waals surface area (Å²) in [7, 11) is -1.04. The molecule has 10 nitrogen and oxygen atoms in total. The van der Waals surface area contributed by atoms with E-state index in [4.69, 9.17) is 30.7 Å². The van der Waals surface area contributed by atoms with E-state index in [1.165, 1.54) is 12.1 Å². The summed E-state index contributed by atoms with van der Waals surface area (Å²) in [5.41, 5.74) is 1.14. The SMILES string of the molecule is O=C(Nc1cc(C(F)(F)F)c2c(c1)C1(CC1)C(=O)N2)c1ccc2c(c1)nc(CN1CCC(c3cccc(OCc4ccc(Cl)cc4F)n3)CC1)n2C[Si]1CCO1. The van der Waals surface area contributed by atoms with Crippen molar-refractivity contribution in [2.75, 3.05) is 30.3 Å². The second kappa shape index (κ2) is 14.3. The summed E-state index contributed by atoms with van der Waals surface area (Å²) in [5, 5.41) is 5.41. The number of nitrogens with one attached hydrogen (secondary N) is 2. The van der Waals surface area contributed by atoms with E-state index in [-0.39, 0.29) is 35.0 Å². The predicted molar refractivity (Wildman–Crippen MR) is 202 cm³/mol. The summed E-state index contributed by atoms with van der Waals surface area (Å²) in [5.74, 6) is 0.0720. The van der Waals surface area contributed by atoms with E-state index in [1.54, 1.807) is 30.3 Å². The molecular weight excluding hydrogens is 768 g/mol. The summed E-state index contributed by atoms with van der Waals surface area (Å²) in [6.45, 7) is 2.99. The van der Waals surface area contributed by atoms with Gasteiger partial charge in [0.05, 0.1) is 34.2 Å². The maximum atomic E-state index is 14.3. The third-order valence-corrected chi connectivity index (χ3v) is 13.5. The minimum atomic E-state index is -4.72. The van der Waals surface area contributed by atoms with Gasteiger partial charge in [-0.3, -0.25) is 14.5 Å². The van der Waals surface area contributed by atoms with E-state index in [9.17, 15) is 27.2 Å². The van der Waals surface area contributed by atoms with Gasteiger partial charge in [-0.15, -0.1) is 0 Å². The summed E-state index contributed by atoms with van der Waals surface area (Å²) in [6, 6.07) is 18.7. The van der Waals surface area contributed by atoms with Gasteiger partial charge in [0, 0.05) is 52.3 Å². The van der Waals surface area contributed by atoms with Gasteiger partial charge < -0.3 is 24.4 Å². The van der Waals surface area contributed by atoms with Crippen LogP contribution in [0.15, 0.2) is 66.7 Å². The van der Waals surface area contributed by atoms with Crippen molar-refractivity contribution in [3.63, 3.8) is 0 Å². The average molecular weight is 804 g/mol. The molecule has 3 aliphatic heterocycles. The standard InChI is InChI=1S/C40H36ClF4N6O4Si/c41-26-6-4-25(30(42)17-26)21-54-35-3-1-2-31(48-35)23-8-12-50(13-9-23)20-34-47-32-16-24(5-7-33(32)51(34)22-56-15-14-55-56)37(52)46-27-18-28-36(29(19-27)40(43,44)45)49-38(53)39(28)10-11-39/h1-7,16-19,23H,8-15,20-22H2,(H,46,52)(H,49,53). The lowest BCUT2D eigenvalue weighted by atomic mass is 9.93. The van der Waals surface area contributed by atoms with Crippen LogP contribution in [-0.2, 0) is 40.1 Å². The smallest absolute Gasteiger partial charge is 0.418 e. The number of ether oxygens (including phenoxy) is 1. The third kappa shape index (κ3) is 7.05. The number of benzene rings is 3. The van der Waals surface area contributed by atoms with Crippen LogP contribution in [0.1, 0.15) is 70.2 Å². The molecule has 56 heavy (non-hydrogen) atoms. The highest BCUT2D eigenvalue weighted by Gasteiger charge is 2.58. The van der Waals surface area contributed by atoms with Gasteiger partial charge in [-0.2, -0.15) is 13.2 Å². The van der Waals surface area contributed by atoms with Crippen LogP contribution in [0.3, 0.4) is 0 Å². The number of nitrogens with zero attached hydrogens (tertiary/aromatic N) is 4. The molecule has 2 amide bonds. The van der Waals surface area contributed by atoms with Crippen LogP contribution in [-0.4, -0.2) is 60.0 Å². The number of carbonyl (C=O) groups excluding carboxylic acids is 2. The van der Waals surface area contributed by atoms with Crippen molar-refractivity contribution in [3.8, 4) is 5.88 Å². The predicted octanol–water partition coefficient (Wildman–Crippen LogP) is 8.00. The Kier molecular flexibility index (Phi) is 9.38. The van der Waals surface area contributed by atoms with Crippen LogP contribution in [0.25, 0.3) is 11.0 Å². The summed E-state index contributed by atoms with van der Waals surface area (Å²) in [6.07, 6.45) is -1.35. The average Bonchev–Trinajstić information content (AvgIpc) is 3.83. The van der Waals surface area contributed by atoms with E-state index < -0.39 is 43.8 Å². The molecule has 5 aromatic rings. The Morgan fingerprint density at radius 2 is 1.88 bits per heavy atom. The highest BCUT2D eigenvalue weighted by molar-refractivity contribution is 6.53. The van der Waals surface area contributed by atoms with Gasteiger partial charge >= 0.3 is 6.18 Å². The Hall–Kier alpha value is -4.83. The molecule has 2 saturated heterocycles. The lowest BCUT2D eigenvalue weighted by molar-refractivity contribution is -0.136. The highest BCUT2D eigenvalue weighted by atomic mass is 35.5. The highest BCUT2D eigenvalue weighted by Crippen LogP contribution is 2.58. The zero-order valence-corrected chi connectivity index (χ0v) is 31.8.